The Kier molecular flexibility index (Phi) is 6.90. The summed E-state index contributed by atoms with van der Waals surface area (Å²) in [4.78, 5) is 12.4. The van der Waals surface area contributed by atoms with Crippen molar-refractivity contribution in [1.82, 2.24) is 4.31 Å². The van der Waals surface area contributed by atoms with Gasteiger partial charge in [0.25, 0.3) is 5.91 Å². The van der Waals surface area contributed by atoms with Crippen molar-refractivity contribution < 1.29 is 32.2 Å². The maximum absolute atomic E-state index is 13.5. The maximum Gasteiger partial charge on any atom is 0.257 e. The van der Waals surface area contributed by atoms with E-state index in [1.54, 1.807) is 0 Å². The van der Waals surface area contributed by atoms with Crippen LogP contribution in [0, 0.1) is 11.6 Å². The molecule has 3 N–H and O–H groups in total. The number of aliphatic hydroxyl groups is 2. The van der Waals surface area contributed by atoms with Crippen LogP contribution in [0.3, 0.4) is 0 Å². The van der Waals surface area contributed by atoms with Gasteiger partial charge in [0, 0.05) is 24.8 Å². The molecule has 0 unspecified atom stereocenters. The lowest BCUT2D eigenvalue weighted by Gasteiger charge is -2.36. The first-order chi connectivity index (χ1) is 14.5. The van der Waals surface area contributed by atoms with Gasteiger partial charge in [0.15, 0.2) is 11.6 Å². The minimum atomic E-state index is -4.01. The van der Waals surface area contributed by atoms with Crippen LogP contribution in [0.2, 0.25) is 10.0 Å². The van der Waals surface area contributed by atoms with Gasteiger partial charge in [-0.1, -0.05) is 23.2 Å². The average Bonchev–Trinajstić information content (AvgIpc) is 2.72. The predicted octanol–water partition coefficient (Wildman–Crippen LogP) is 3.03. The van der Waals surface area contributed by atoms with Crippen molar-refractivity contribution in [2.45, 2.75) is 23.3 Å². The Morgan fingerprint density at radius 2 is 1.77 bits per heavy atom. The van der Waals surface area contributed by atoms with E-state index in [9.17, 15) is 32.2 Å². The van der Waals surface area contributed by atoms with Gasteiger partial charge in [0.2, 0.25) is 10.0 Å². The first-order valence-electron chi connectivity index (χ1n) is 9.06. The number of hydrogen-bond donors (Lipinski definition) is 3. The van der Waals surface area contributed by atoms with Crippen molar-refractivity contribution in [3.8, 4) is 0 Å². The lowest BCUT2D eigenvalue weighted by molar-refractivity contribution is -0.0480. The smallest absolute Gasteiger partial charge is 0.257 e. The molecule has 31 heavy (non-hydrogen) atoms. The molecule has 0 radical (unpaired) electrons. The Hall–Kier alpha value is -1.82. The zero-order chi connectivity index (χ0) is 23.0. The molecule has 1 saturated heterocycles. The second-order valence-corrected chi connectivity index (χ2v) is 9.89. The van der Waals surface area contributed by atoms with Crippen LogP contribution in [0.5, 0.6) is 0 Å². The number of carbonyl (C=O) groups is 1. The number of aliphatic hydroxyl groups excluding tert-OH is 1. The molecule has 12 heteroatoms. The number of sulfonamides is 1. The third-order valence-electron chi connectivity index (χ3n) is 5.01. The molecule has 1 aliphatic rings. The Labute approximate surface area is 187 Å². The molecule has 1 heterocycles. The van der Waals surface area contributed by atoms with Crippen LogP contribution >= 0.6 is 23.2 Å². The molecular formula is C19H18Cl2F2N2O5S. The van der Waals surface area contributed by atoms with Gasteiger partial charge in [0.1, 0.15) is 0 Å². The van der Waals surface area contributed by atoms with Gasteiger partial charge in [-0.3, -0.25) is 4.79 Å². The highest BCUT2D eigenvalue weighted by atomic mass is 35.5. The van der Waals surface area contributed by atoms with E-state index >= 15 is 0 Å². The number of anilines is 1. The fourth-order valence-electron chi connectivity index (χ4n) is 3.11. The van der Waals surface area contributed by atoms with E-state index in [0.29, 0.717) is 0 Å². The summed E-state index contributed by atoms with van der Waals surface area (Å²) in [6.45, 7) is -0.506. The fourth-order valence-corrected chi connectivity index (χ4v) is 4.99. The van der Waals surface area contributed by atoms with E-state index in [-0.39, 0.29) is 47.1 Å². The second-order valence-electron chi connectivity index (χ2n) is 7.14. The lowest BCUT2D eigenvalue weighted by atomic mass is 9.94. The van der Waals surface area contributed by atoms with E-state index in [1.807, 2.05) is 0 Å². The fraction of sp³-hybridized carbons (Fsp3) is 0.316. The summed E-state index contributed by atoms with van der Waals surface area (Å²) in [5.74, 6) is -3.38. The summed E-state index contributed by atoms with van der Waals surface area (Å²) in [6, 6.07) is 5.26. The van der Waals surface area contributed by atoms with Crippen LogP contribution in [-0.4, -0.2) is 54.1 Å². The molecule has 2 aromatic carbocycles. The van der Waals surface area contributed by atoms with Gasteiger partial charge in [-0.2, -0.15) is 4.31 Å². The molecule has 1 amide bonds. The third kappa shape index (κ3) is 5.00. The number of piperidine rings is 1. The molecule has 1 fully saturated rings. The first-order valence-corrected chi connectivity index (χ1v) is 11.3. The minimum absolute atomic E-state index is 0.0170. The molecule has 3 rings (SSSR count). The highest BCUT2D eigenvalue weighted by Gasteiger charge is 2.37. The number of amides is 1. The van der Waals surface area contributed by atoms with Crippen LogP contribution in [0.1, 0.15) is 23.2 Å². The topological polar surface area (TPSA) is 107 Å². The Morgan fingerprint density at radius 3 is 2.35 bits per heavy atom. The number of nitrogens with one attached hydrogen (secondary N) is 1. The summed E-state index contributed by atoms with van der Waals surface area (Å²) < 4.78 is 53.9. The summed E-state index contributed by atoms with van der Waals surface area (Å²) in [5.41, 5.74) is -1.67. The largest absolute Gasteiger partial charge is 0.393 e. The van der Waals surface area contributed by atoms with Crippen LogP contribution in [0.25, 0.3) is 0 Å². The summed E-state index contributed by atoms with van der Waals surface area (Å²) in [7, 11) is -4.01. The van der Waals surface area contributed by atoms with Gasteiger partial charge in [0.05, 0.1) is 32.7 Å². The van der Waals surface area contributed by atoms with E-state index in [0.717, 1.165) is 22.5 Å². The van der Waals surface area contributed by atoms with Crippen LogP contribution in [-0.2, 0) is 10.0 Å². The van der Waals surface area contributed by atoms with Crippen LogP contribution < -0.4 is 5.32 Å². The van der Waals surface area contributed by atoms with Gasteiger partial charge >= 0.3 is 0 Å². The van der Waals surface area contributed by atoms with Gasteiger partial charge < -0.3 is 15.5 Å². The summed E-state index contributed by atoms with van der Waals surface area (Å²) in [5, 5.41) is 21.0. The number of halogens is 4. The summed E-state index contributed by atoms with van der Waals surface area (Å²) >= 11 is 11.6. The van der Waals surface area contributed by atoms with Crippen molar-refractivity contribution in [2.24, 2.45) is 0 Å². The third-order valence-corrected chi connectivity index (χ3v) is 7.51. The molecule has 0 saturated carbocycles. The van der Waals surface area contributed by atoms with Crippen molar-refractivity contribution in [2.75, 3.05) is 25.0 Å². The molecular weight excluding hydrogens is 477 g/mol. The zero-order valence-corrected chi connectivity index (χ0v) is 18.2. The highest BCUT2D eigenvalue weighted by molar-refractivity contribution is 7.89. The number of nitrogens with zero attached hydrogens (tertiary/aromatic N) is 1. The first kappa shape index (κ1) is 23.8. The second kappa shape index (κ2) is 8.97. The normalized spacial score (nSPS) is 16.8. The van der Waals surface area contributed by atoms with E-state index in [2.05, 4.69) is 5.32 Å². The molecule has 168 valence electrons. The minimum Gasteiger partial charge on any atom is -0.393 e. The SMILES string of the molecule is O=C(Nc1cc(F)c(F)c(Cl)c1)c1cc(S(=O)(=O)N2CCC(O)(CO)CC2)ccc1Cl. The molecule has 1 aliphatic heterocycles. The Balaban J connectivity index is 1.85. The Bertz CT molecular complexity index is 1100. The van der Waals surface area contributed by atoms with Crippen molar-refractivity contribution in [1.29, 1.82) is 0 Å². The number of hydrogen-bond acceptors (Lipinski definition) is 5. The van der Waals surface area contributed by atoms with E-state index in [4.69, 9.17) is 23.2 Å². The van der Waals surface area contributed by atoms with Gasteiger partial charge in [-0.05, 0) is 37.1 Å². The van der Waals surface area contributed by atoms with Gasteiger partial charge in [-0.15, -0.1) is 0 Å². The molecule has 2 aromatic rings. The molecule has 0 atom stereocenters. The predicted molar refractivity (Wildman–Crippen MR) is 111 cm³/mol. The van der Waals surface area contributed by atoms with Crippen molar-refractivity contribution in [3.63, 3.8) is 0 Å². The van der Waals surface area contributed by atoms with Crippen LogP contribution in [0.4, 0.5) is 14.5 Å². The molecule has 0 aromatic heterocycles. The molecule has 0 bridgehead atoms. The number of carbonyl (C=O) groups excluding carboxylic acids is 1. The van der Waals surface area contributed by atoms with Crippen molar-refractivity contribution in [3.05, 3.63) is 57.6 Å². The zero-order valence-electron chi connectivity index (χ0n) is 15.9. The highest BCUT2D eigenvalue weighted by Crippen LogP contribution is 2.29. The van der Waals surface area contributed by atoms with Crippen LogP contribution in [0.15, 0.2) is 35.2 Å². The Morgan fingerprint density at radius 1 is 1.13 bits per heavy atom. The molecule has 0 aliphatic carbocycles. The van der Waals surface area contributed by atoms with E-state index < -0.39 is 44.8 Å². The molecule has 7 nitrogen and oxygen atoms in total. The average molecular weight is 495 g/mol. The maximum atomic E-state index is 13.5. The molecule has 0 spiro atoms. The summed E-state index contributed by atoms with van der Waals surface area (Å²) in [6.07, 6.45) is 0.112. The lowest BCUT2D eigenvalue weighted by Crippen LogP contribution is -2.48. The standard InChI is InChI=1S/C19H18Cl2F2N2O5S/c20-14-2-1-12(31(29,30)25-5-3-19(28,10-26)4-6-25)9-13(14)18(27)24-11-7-15(21)17(23)16(22)8-11/h1-2,7-9,26,28H,3-6,10H2,(H,24,27). The van der Waals surface area contributed by atoms with Crippen molar-refractivity contribution >= 4 is 44.8 Å². The number of benzene rings is 2. The van der Waals surface area contributed by atoms with E-state index in [1.165, 1.54) is 12.1 Å². The quantitative estimate of drug-likeness (QED) is 0.553. The number of rotatable bonds is 5. The van der Waals surface area contributed by atoms with Gasteiger partial charge in [-0.25, -0.2) is 17.2 Å². The monoisotopic (exact) mass is 494 g/mol.